The van der Waals surface area contributed by atoms with E-state index in [2.05, 4.69) is 35.2 Å². The van der Waals surface area contributed by atoms with Crippen LogP contribution in [0.5, 0.6) is 0 Å². The summed E-state index contributed by atoms with van der Waals surface area (Å²) in [5.74, 6) is 1.13. The summed E-state index contributed by atoms with van der Waals surface area (Å²) in [5, 5.41) is 1.24. The Balaban J connectivity index is 1.65. The molecular formula is C18H20N2OS3. The second-order valence-electron chi connectivity index (χ2n) is 5.52. The van der Waals surface area contributed by atoms with Gasteiger partial charge in [0.1, 0.15) is 4.32 Å². The van der Waals surface area contributed by atoms with Crippen LogP contribution in [0.25, 0.3) is 0 Å². The molecule has 3 nitrogen and oxygen atoms in total. The summed E-state index contributed by atoms with van der Waals surface area (Å²) in [6, 6.07) is 10.6. The van der Waals surface area contributed by atoms with Gasteiger partial charge in [-0.3, -0.25) is 9.69 Å². The topological polar surface area (TPSA) is 23.6 Å². The Morgan fingerprint density at radius 3 is 2.75 bits per heavy atom. The summed E-state index contributed by atoms with van der Waals surface area (Å²) in [6.45, 7) is 4.65. The number of amides is 1. The van der Waals surface area contributed by atoms with Crippen molar-refractivity contribution >= 4 is 46.0 Å². The summed E-state index contributed by atoms with van der Waals surface area (Å²) < 4.78 is 0.659. The van der Waals surface area contributed by atoms with Crippen LogP contribution >= 0.6 is 35.7 Å². The lowest BCUT2D eigenvalue weighted by molar-refractivity contribution is -0.122. The van der Waals surface area contributed by atoms with Crippen LogP contribution in [0.3, 0.4) is 0 Å². The zero-order valence-corrected chi connectivity index (χ0v) is 16.1. The summed E-state index contributed by atoms with van der Waals surface area (Å²) >= 11 is 8.50. The van der Waals surface area contributed by atoms with Gasteiger partial charge in [0.15, 0.2) is 0 Å². The molecule has 126 valence electrons. The van der Waals surface area contributed by atoms with Crippen LogP contribution < -0.4 is 0 Å². The Labute approximate surface area is 157 Å². The summed E-state index contributed by atoms with van der Waals surface area (Å²) in [4.78, 5) is 17.0. The molecule has 0 saturated carbocycles. The van der Waals surface area contributed by atoms with E-state index in [0.717, 1.165) is 30.2 Å². The van der Waals surface area contributed by atoms with Crippen molar-refractivity contribution in [2.24, 2.45) is 0 Å². The molecule has 6 heteroatoms. The number of hydrogen-bond acceptors (Lipinski definition) is 5. The fraction of sp³-hybridized carbons (Fsp3) is 0.333. The predicted molar refractivity (Wildman–Crippen MR) is 108 cm³/mol. The standard InChI is InChI=1S/C18H20N2OS3/c1-2-20-17(21)15(24-18(20)22)8-9-16-19(12-13-23-16)11-10-14-6-4-3-5-7-14/h3-9H,2,10-13H2,1H3/b15-8-,16-9+. The van der Waals surface area contributed by atoms with Crippen LogP contribution in [0.15, 0.2) is 52.4 Å². The van der Waals surface area contributed by atoms with E-state index in [4.69, 9.17) is 12.2 Å². The molecule has 1 amide bonds. The molecule has 2 saturated heterocycles. The molecule has 0 aromatic heterocycles. The van der Waals surface area contributed by atoms with Crippen LogP contribution in [0.4, 0.5) is 0 Å². The lowest BCUT2D eigenvalue weighted by atomic mass is 10.1. The molecule has 0 N–H and O–H groups in total. The molecule has 0 spiro atoms. The Kier molecular flexibility index (Phi) is 6.03. The number of thiocarbonyl (C=S) groups is 1. The second kappa shape index (κ2) is 8.23. The van der Waals surface area contributed by atoms with E-state index in [1.807, 2.05) is 30.8 Å². The van der Waals surface area contributed by atoms with E-state index in [1.165, 1.54) is 22.4 Å². The molecule has 0 unspecified atom stereocenters. The molecule has 2 fully saturated rings. The number of likely N-dealkylation sites (N-methyl/N-ethyl adjacent to an activating group) is 1. The fourth-order valence-corrected chi connectivity index (χ4v) is 5.06. The van der Waals surface area contributed by atoms with Gasteiger partial charge in [0.2, 0.25) is 0 Å². The summed E-state index contributed by atoms with van der Waals surface area (Å²) in [5.41, 5.74) is 1.36. The number of carbonyl (C=O) groups is 1. The molecule has 0 bridgehead atoms. The van der Waals surface area contributed by atoms with Gasteiger partial charge in [-0.05, 0) is 31.1 Å². The molecule has 0 radical (unpaired) electrons. The zero-order valence-electron chi connectivity index (χ0n) is 13.6. The van der Waals surface area contributed by atoms with Crippen molar-refractivity contribution in [1.82, 2.24) is 9.80 Å². The van der Waals surface area contributed by atoms with Crippen molar-refractivity contribution in [1.29, 1.82) is 0 Å². The van der Waals surface area contributed by atoms with Crippen molar-refractivity contribution in [2.45, 2.75) is 13.3 Å². The van der Waals surface area contributed by atoms with Crippen molar-refractivity contribution in [2.75, 3.05) is 25.4 Å². The number of carbonyl (C=O) groups excluding carboxylic acids is 1. The monoisotopic (exact) mass is 376 g/mol. The average molecular weight is 377 g/mol. The summed E-state index contributed by atoms with van der Waals surface area (Å²) in [6.07, 6.45) is 5.04. The van der Waals surface area contributed by atoms with E-state index in [0.29, 0.717) is 10.9 Å². The minimum absolute atomic E-state index is 0.0307. The third-order valence-electron chi connectivity index (χ3n) is 4.00. The molecule has 2 aliphatic heterocycles. The molecule has 0 atom stereocenters. The second-order valence-corrected chi connectivity index (χ2v) is 8.32. The molecular weight excluding hydrogens is 356 g/mol. The maximum Gasteiger partial charge on any atom is 0.266 e. The summed E-state index contributed by atoms with van der Waals surface area (Å²) in [7, 11) is 0. The van der Waals surface area contributed by atoms with Crippen molar-refractivity contribution in [3.63, 3.8) is 0 Å². The maximum atomic E-state index is 12.2. The number of rotatable bonds is 5. The Morgan fingerprint density at radius 2 is 2.04 bits per heavy atom. The van der Waals surface area contributed by atoms with Gasteiger partial charge >= 0.3 is 0 Å². The third kappa shape index (κ3) is 4.05. The minimum Gasteiger partial charge on any atom is -0.365 e. The molecule has 2 heterocycles. The SMILES string of the molecule is CCN1C(=O)/C(=C/C=C2/SCCN2CCc2ccccc2)SC1=S. The zero-order chi connectivity index (χ0) is 16.9. The van der Waals surface area contributed by atoms with Gasteiger partial charge in [-0.1, -0.05) is 54.3 Å². The Morgan fingerprint density at radius 1 is 1.25 bits per heavy atom. The third-order valence-corrected chi connectivity index (χ3v) is 6.48. The van der Waals surface area contributed by atoms with Gasteiger partial charge in [0, 0.05) is 25.4 Å². The van der Waals surface area contributed by atoms with Gasteiger partial charge in [0.25, 0.3) is 5.91 Å². The molecule has 2 aliphatic rings. The molecule has 1 aromatic rings. The highest BCUT2D eigenvalue weighted by molar-refractivity contribution is 8.26. The van der Waals surface area contributed by atoms with Crippen molar-refractivity contribution in [3.8, 4) is 0 Å². The van der Waals surface area contributed by atoms with E-state index >= 15 is 0 Å². The van der Waals surface area contributed by atoms with E-state index in [9.17, 15) is 4.79 Å². The number of nitrogens with zero attached hydrogens (tertiary/aromatic N) is 2. The first kappa shape index (κ1) is 17.6. The lowest BCUT2D eigenvalue weighted by Crippen LogP contribution is -2.27. The normalized spacial score (nSPS) is 21.5. The highest BCUT2D eigenvalue weighted by Crippen LogP contribution is 2.32. The van der Waals surface area contributed by atoms with E-state index in [1.54, 1.807) is 4.90 Å². The molecule has 3 rings (SSSR count). The number of benzene rings is 1. The average Bonchev–Trinajstić information content (AvgIpc) is 3.15. The molecule has 1 aromatic carbocycles. The van der Waals surface area contributed by atoms with E-state index < -0.39 is 0 Å². The highest BCUT2D eigenvalue weighted by Gasteiger charge is 2.30. The van der Waals surface area contributed by atoms with Gasteiger partial charge in [-0.2, -0.15) is 0 Å². The quantitative estimate of drug-likeness (QED) is 0.573. The molecule has 0 aliphatic carbocycles. The Hall–Kier alpha value is -1.24. The van der Waals surface area contributed by atoms with Gasteiger partial charge in [-0.15, -0.1) is 11.8 Å². The first-order valence-corrected chi connectivity index (χ1v) is 10.3. The van der Waals surface area contributed by atoms with Crippen molar-refractivity contribution in [3.05, 3.63) is 58.0 Å². The maximum absolute atomic E-state index is 12.2. The molecule has 24 heavy (non-hydrogen) atoms. The lowest BCUT2D eigenvalue weighted by Gasteiger charge is -2.18. The van der Waals surface area contributed by atoms with Gasteiger partial charge in [-0.25, -0.2) is 0 Å². The first-order chi connectivity index (χ1) is 11.7. The predicted octanol–water partition coefficient (Wildman–Crippen LogP) is 3.88. The van der Waals surface area contributed by atoms with Crippen LogP contribution in [0, 0.1) is 0 Å². The number of thioether (sulfide) groups is 2. The van der Waals surface area contributed by atoms with Crippen LogP contribution in [0.1, 0.15) is 12.5 Å². The number of allylic oxidation sites excluding steroid dienone is 2. The minimum atomic E-state index is 0.0307. The number of hydrogen-bond donors (Lipinski definition) is 0. The van der Waals surface area contributed by atoms with Gasteiger partial charge in [0.05, 0.1) is 9.93 Å². The Bertz CT molecular complexity index is 685. The van der Waals surface area contributed by atoms with Crippen LogP contribution in [-0.2, 0) is 11.2 Å². The highest BCUT2D eigenvalue weighted by atomic mass is 32.2. The van der Waals surface area contributed by atoms with E-state index in [-0.39, 0.29) is 5.91 Å². The van der Waals surface area contributed by atoms with Crippen LogP contribution in [-0.4, -0.2) is 45.4 Å². The largest absolute Gasteiger partial charge is 0.365 e. The first-order valence-electron chi connectivity index (χ1n) is 8.06. The smallest absolute Gasteiger partial charge is 0.266 e. The fourth-order valence-electron chi connectivity index (χ4n) is 2.68. The van der Waals surface area contributed by atoms with Crippen LogP contribution in [0.2, 0.25) is 0 Å². The van der Waals surface area contributed by atoms with Crippen molar-refractivity contribution < 1.29 is 4.79 Å². The van der Waals surface area contributed by atoms with Gasteiger partial charge < -0.3 is 4.90 Å².